The molecule has 3 aromatic rings. The molecule has 0 atom stereocenters. The highest BCUT2D eigenvalue weighted by molar-refractivity contribution is 7.12. The van der Waals surface area contributed by atoms with E-state index in [2.05, 4.69) is 40.3 Å². The lowest BCUT2D eigenvalue weighted by Crippen LogP contribution is -2.33. The van der Waals surface area contributed by atoms with Gasteiger partial charge in [0.05, 0.1) is 6.54 Å². The van der Waals surface area contributed by atoms with Gasteiger partial charge >= 0.3 is 11.9 Å². The predicted octanol–water partition coefficient (Wildman–Crippen LogP) is 4.94. The summed E-state index contributed by atoms with van der Waals surface area (Å²) < 4.78 is 39.6. The summed E-state index contributed by atoms with van der Waals surface area (Å²) in [4.78, 5) is 22.5. The SMILES string of the molecule is O=c1nc(N2CC=C(c3cccc(C4CC4)c3)CC2)ncn1Cc1ccc(C(F)(F)F)s1. The van der Waals surface area contributed by atoms with Crippen LogP contribution < -0.4 is 10.6 Å². The molecule has 3 heterocycles. The minimum Gasteiger partial charge on any atom is -0.337 e. The number of nitrogens with zero attached hydrogens (tertiary/aromatic N) is 4. The van der Waals surface area contributed by atoms with Crippen molar-refractivity contribution in [2.24, 2.45) is 0 Å². The minimum atomic E-state index is -4.38. The van der Waals surface area contributed by atoms with Gasteiger partial charge in [-0.05, 0) is 54.0 Å². The van der Waals surface area contributed by atoms with Crippen LogP contribution >= 0.6 is 11.3 Å². The van der Waals surface area contributed by atoms with Crippen molar-refractivity contribution in [1.29, 1.82) is 0 Å². The van der Waals surface area contributed by atoms with Gasteiger partial charge in [-0.15, -0.1) is 11.3 Å². The van der Waals surface area contributed by atoms with Crippen LogP contribution in [-0.2, 0) is 12.7 Å². The summed E-state index contributed by atoms with van der Waals surface area (Å²) in [6.45, 7) is 1.32. The van der Waals surface area contributed by atoms with Gasteiger partial charge in [-0.3, -0.25) is 4.57 Å². The molecule has 0 unspecified atom stereocenters. The fraction of sp³-hybridized carbons (Fsp3) is 0.348. The second kappa shape index (κ2) is 8.20. The lowest BCUT2D eigenvalue weighted by molar-refractivity contribution is -0.134. The van der Waals surface area contributed by atoms with Crippen molar-refractivity contribution < 1.29 is 13.2 Å². The van der Waals surface area contributed by atoms with Crippen molar-refractivity contribution in [3.8, 4) is 0 Å². The fourth-order valence-corrected chi connectivity index (χ4v) is 4.79. The van der Waals surface area contributed by atoms with E-state index in [9.17, 15) is 18.0 Å². The summed E-state index contributed by atoms with van der Waals surface area (Å²) in [6.07, 6.45) is 2.50. The van der Waals surface area contributed by atoms with Crippen LogP contribution in [0.2, 0.25) is 0 Å². The molecule has 5 rings (SSSR count). The molecule has 1 aromatic carbocycles. The third-order valence-electron chi connectivity index (χ3n) is 5.82. The summed E-state index contributed by atoms with van der Waals surface area (Å²) in [7, 11) is 0. The Labute approximate surface area is 186 Å². The normalized spacial score (nSPS) is 16.8. The second-order valence-corrected chi connectivity index (χ2v) is 9.32. The molecule has 32 heavy (non-hydrogen) atoms. The van der Waals surface area contributed by atoms with Crippen LogP contribution in [-0.4, -0.2) is 27.6 Å². The molecule has 2 aliphatic rings. The van der Waals surface area contributed by atoms with Crippen molar-refractivity contribution in [3.63, 3.8) is 0 Å². The molecule has 1 aliphatic heterocycles. The van der Waals surface area contributed by atoms with Crippen molar-refractivity contribution in [2.45, 2.75) is 37.9 Å². The zero-order chi connectivity index (χ0) is 22.3. The van der Waals surface area contributed by atoms with Gasteiger partial charge in [0, 0.05) is 18.0 Å². The highest BCUT2D eigenvalue weighted by Gasteiger charge is 2.32. The number of aromatic nitrogens is 3. The maximum atomic E-state index is 12.8. The molecule has 9 heteroatoms. The quantitative estimate of drug-likeness (QED) is 0.544. The first-order chi connectivity index (χ1) is 15.4. The van der Waals surface area contributed by atoms with Crippen LogP contribution in [0.4, 0.5) is 19.1 Å². The molecule has 0 amide bonds. The highest BCUT2D eigenvalue weighted by atomic mass is 32.1. The van der Waals surface area contributed by atoms with Crippen molar-refractivity contribution in [3.05, 3.63) is 80.2 Å². The standard InChI is InChI=1S/C23H21F3N4OS/c24-23(25,26)20-7-6-19(32-20)13-30-14-27-21(28-22(30)31)29-10-8-16(9-11-29)18-3-1-2-17(12-18)15-4-5-15/h1-3,6-8,12,14-15H,4-5,9-11,13H2. The van der Waals surface area contributed by atoms with Gasteiger partial charge in [-0.2, -0.15) is 18.2 Å². The maximum absolute atomic E-state index is 12.8. The summed E-state index contributed by atoms with van der Waals surface area (Å²) in [5, 5.41) is 0. The van der Waals surface area contributed by atoms with Crippen LogP contribution in [0.5, 0.6) is 0 Å². The van der Waals surface area contributed by atoms with Gasteiger partial charge in [0.1, 0.15) is 11.2 Å². The molecular weight excluding hydrogens is 437 g/mol. The Balaban J connectivity index is 1.27. The molecule has 0 N–H and O–H groups in total. The van der Waals surface area contributed by atoms with E-state index in [0.29, 0.717) is 41.2 Å². The average molecular weight is 459 g/mol. The molecule has 0 spiro atoms. The first-order valence-electron chi connectivity index (χ1n) is 10.5. The van der Waals surface area contributed by atoms with Gasteiger partial charge in [-0.1, -0.05) is 30.3 Å². The van der Waals surface area contributed by atoms with Gasteiger partial charge in [0.2, 0.25) is 5.95 Å². The molecule has 5 nitrogen and oxygen atoms in total. The van der Waals surface area contributed by atoms with E-state index in [-0.39, 0.29) is 6.54 Å². The molecule has 1 saturated carbocycles. The van der Waals surface area contributed by atoms with Gasteiger partial charge in [0.15, 0.2) is 0 Å². The second-order valence-electron chi connectivity index (χ2n) is 8.16. The fourth-order valence-electron chi connectivity index (χ4n) is 3.92. The van der Waals surface area contributed by atoms with E-state index in [0.717, 1.165) is 12.5 Å². The van der Waals surface area contributed by atoms with E-state index in [1.165, 1.54) is 46.5 Å². The molecule has 0 saturated heterocycles. The van der Waals surface area contributed by atoms with Crippen LogP contribution in [0, 0.1) is 0 Å². The summed E-state index contributed by atoms with van der Waals surface area (Å²) in [5.41, 5.74) is 3.42. The number of benzene rings is 1. The summed E-state index contributed by atoms with van der Waals surface area (Å²) in [5.74, 6) is 1.06. The molecule has 0 bridgehead atoms. The Bertz CT molecular complexity index is 1230. The Morgan fingerprint density at radius 1 is 1.16 bits per heavy atom. The van der Waals surface area contributed by atoms with E-state index < -0.39 is 16.7 Å². The summed E-state index contributed by atoms with van der Waals surface area (Å²) >= 11 is 0.622. The lowest BCUT2D eigenvalue weighted by Gasteiger charge is -2.26. The third kappa shape index (κ3) is 4.48. The topological polar surface area (TPSA) is 51.0 Å². The Hall–Kier alpha value is -2.94. The molecule has 0 radical (unpaired) electrons. The molecule has 1 aliphatic carbocycles. The van der Waals surface area contributed by atoms with Crippen LogP contribution in [0.1, 0.15) is 46.1 Å². The third-order valence-corrected chi connectivity index (χ3v) is 6.93. The molecule has 1 fully saturated rings. The molecule has 166 valence electrons. The largest absolute Gasteiger partial charge is 0.425 e. The molecular formula is C23H21F3N4OS. The van der Waals surface area contributed by atoms with E-state index in [4.69, 9.17) is 0 Å². The maximum Gasteiger partial charge on any atom is 0.425 e. The van der Waals surface area contributed by atoms with Gasteiger partial charge in [0.25, 0.3) is 0 Å². The smallest absolute Gasteiger partial charge is 0.337 e. The van der Waals surface area contributed by atoms with E-state index in [1.807, 2.05) is 4.90 Å². The van der Waals surface area contributed by atoms with Gasteiger partial charge in [-0.25, -0.2) is 9.78 Å². The van der Waals surface area contributed by atoms with Gasteiger partial charge < -0.3 is 4.90 Å². The van der Waals surface area contributed by atoms with Crippen molar-refractivity contribution >= 4 is 22.9 Å². The zero-order valence-electron chi connectivity index (χ0n) is 17.2. The highest BCUT2D eigenvalue weighted by Crippen LogP contribution is 2.41. The monoisotopic (exact) mass is 458 g/mol. The summed E-state index contributed by atoms with van der Waals surface area (Å²) in [6, 6.07) is 11.1. The predicted molar refractivity (Wildman–Crippen MR) is 118 cm³/mol. The van der Waals surface area contributed by atoms with Crippen molar-refractivity contribution in [2.75, 3.05) is 18.0 Å². The van der Waals surface area contributed by atoms with E-state index >= 15 is 0 Å². The Morgan fingerprint density at radius 2 is 2.00 bits per heavy atom. The number of anilines is 1. The number of alkyl halides is 3. The number of rotatable bonds is 5. The Morgan fingerprint density at radius 3 is 2.66 bits per heavy atom. The Kier molecular flexibility index (Phi) is 5.36. The first kappa shape index (κ1) is 20.9. The number of hydrogen-bond acceptors (Lipinski definition) is 5. The van der Waals surface area contributed by atoms with Crippen LogP contribution in [0.25, 0.3) is 5.57 Å². The first-order valence-corrected chi connectivity index (χ1v) is 11.3. The van der Waals surface area contributed by atoms with Crippen LogP contribution in [0.3, 0.4) is 0 Å². The lowest BCUT2D eigenvalue weighted by atomic mass is 9.97. The zero-order valence-corrected chi connectivity index (χ0v) is 18.0. The number of thiophene rings is 1. The minimum absolute atomic E-state index is 0.0151. The van der Waals surface area contributed by atoms with Crippen molar-refractivity contribution in [1.82, 2.24) is 14.5 Å². The average Bonchev–Trinajstić information content (AvgIpc) is 3.53. The van der Waals surface area contributed by atoms with Crippen LogP contribution in [0.15, 0.2) is 53.6 Å². The number of hydrogen-bond donors (Lipinski definition) is 0. The van der Waals surface area contributed by atoms with E-state index in [1.54, 1.807) is 0 Å². The number of halogens is 3. The molecule has 2 aromatic heterocycles.